The molecule has 0 saturated heterocycles. The molecule has 0 aliphatic heterocycles. The standard InChI is InChI=1S/C32H23N5O4/c1-22-19-23(17-18-33-22)31-27-20-29(36(38)39)30(37(40)41)21-28(27)35(34-31)32(24-11-5-2-6-12-24,25-13-7-3-8-14-25)26-15-9-4-10-16-26/h2-21H,1H3. The lowest BCUT2D eigenvalue weighted by molar-refractivity contribution is -0.422. The van der Waals surface area contributed by atoms with Crippen LogP contribution in [0.5, 0.6) is 0 Å². The molecule has 41 heavy (non-hydrogen) atoms. The summed E-state index contributed by atoms with van der Waals surface area (Å²) in [6, 6.07) is 35.4. The smallest absolute Gasteiger partial charge is 0.262 e. The number of rotatable bonds is 7. The van der Waals surface area contributed by atoms with E-state index in [0.29, 0.717) is 22.2 Å². The van der Waals surface area contributed by atoms with Crippen molar-refractivity contribution in [2.45, 2.75) is 12.5 Å². The molecule has 0 fully saturated rings. The van der Waals surface area contributed by atoms with Gasteiger partial charge in [0.1, 0.15) is 11.2 Å². The molecule has 9 heteroatoms. The number of aryl methyl sites for hydroxylation is 1. The van der Waals surface area contributed by atoms with Gasteiger partial charge in [0.15, 0.2) is 0 Å². The Kier molecular flexibility index (Phi) is 6.31. The van der Waals surface area contributed by atoms with Crippen molar-refractivity contribution < 1.29 is 9.85 Å². The number of hydrogen-bond donors (Lipinski definition) is 0. The summed E-state index contributed by atoms with van der Waals surface area (Å²) in [4.78, 5) is 27.0. The Hall–Kier alpha value is -5.70. The zero-order chi connectivity index (χ0) is 28.6. The Morgan fingerprint density at radius 3 is 1.63 bits per heavy atom. The number of nitro benzene ring substituents is 2. The van der Waals surface area contributed by atoms with Gasteiger partial charge in [0.05, 0.1) is 15.4 Å². The van der Waals surface area contributed by atoms with Gasteiger partial charge in [-0.25, -0.2) is 4.68 Å². The third kappa shape index (κ3) is 4.20. The van der Waals surface area contributed by atoms with E-state index in [1.165, 1.54) is 12.1 Å². The second-order valence-electron chi connectivity index (χ2n) is 9.63. The lowest BCUT2D eigenvalue weighted by atomic mass is 9.77. The highest BCUT2D eigenvalue weighted by Gasteiger charge is 2.42. The average molecular weight is 542 g/mol. The van der Waals surface area contributed by atoms with Gasteiger partial charge in [-0.1, -0.05) is 91.0 Å². The van der Waals surface area contributed by atoms with E-state index in [2.05, 4.69) is 4.98 Å². The molecule has 0 aliphatic rings. The van der Waals surface area contributed by atoms with Crippen LogP contribution in [0.4, 0.5) is 11.4 Å². The fourth-order valence-electron chi connectivity index (χ4n) is 5.50. The summed E-state index contributed by atoms with van der Waals surface area (Å²) < 4.78 is 1.77. The Labute approximate surface area is 234 Å². The van der Waals surface area contributed by atoms with Crippen molar-refractivity contribution in [1.82, 2.24) is 14.8 Å². The van der Waals surface area contributed by atoms with Gasteiger partial charge in [-0.15, -0.1) is 0 Å². The molecule has 2 heterocycles. The summed E-state index contributed by atoms with van der Waals surface area (Å²) in [5, 5.41) is 29.7. The minimum absolute atomic E-state index is 0.378. The van der Waals surface area contributed by atoms with Crippen LogP contribution in [0, 0.1) is 27.2 Å². The molecule has 0 aliphatic carbocycles. The van der Waals surface area contributed by atoms with Gasteiger partial charge in [0, 0.05) is 35.0 Å². The second-order valence-corrected chi connectivity index (χ2v) is 9.63. The van der Waals surface area contributed by atoms with Crippen molar-refractivity contribution in [2.75, 3.05) is 0 Å². The van der Waals surface area contributed by atoms with Crippen molar-refractivity contribution in [2.24, 2.45) is 0 Å². The molecule has 0 spiro atoms. The van der Waals surface area contributed by atoms with E-state index in [0.717, 1.165) is 22.4 Å². The van der Waals surface area contributed by atoms with E-state index in [1.54, 1.807) is 16.9 Å². The first kappa shape index (κ1) is 25.6. The van der Waals surface area contributed by atoms with Gasteiger partial charge in [0.2, 0.25) is 0 Å². The second kappa shape index (κ2) is 10.1. The number of nitrogens with zero attached hydrogens (tertiary/aromatic N) is 5. The van der Waals surface area contributed by atoms with E-state index in [4.69, 9.17) is 5.10 Å². The number of aromatic nitrogens is 3. The minimum Gasteiger partial charge on any atom is -0.262 e. The molecule has 0 bridgehead atoms. The lowest BCUT2D eigenvalue weighted by Crippen LogP contribution is -2.38. The van der Waals surface area contributed by atoms with Gasteiger partial charge < -0.3 is 0 Å². The Morgan fingerprint density at radius 1 is 0.683 bits per heavy atom. The van der Waals surface area contributed by atoms with Gasteiger partial charge in [-0.3, -0.25) is 25.2 Å². The summed E-state index contributed by atoms with van der Waals surface area (Å²) in [7, 11) is 0. The Bertz CT molecular complexity index is 1810. The maximum absolute atomic E-state index is 12.1. The van der Waals surface area contributed by atoms with Crippen LogP contribution in [0.1, 0.15) is 22.4 Å². The summed E-state index contributed by atoms with van der Waals surface area (Å²) >= 11 is 0. The zero-order valence-corrected chi connectivity index (χ0v) is 21.9. The first-order valence-corrected chi connectivity index (χ1v) is 12.9. The summed E-state index contributed by atoms with van der Waals surface area (Å²) in [5.41, 5.74) is 2.55. The van der Waals surface area contributed by atoms with Crippen LogP contribution in [0.25, 0.3) is 22.2 Å². The molecule has 9 nitrogen and oxygen atoms in total. The maximum Gasteiger partial charge on any atom is 0.348 e. The van der Waals surface area contributed by atoms with E-state index in [-0.39, 0.29) is 0 Å². The molecule has 2 aromatic heterocycles. The molecular formula is C32H23N5O4. The molecule has 6 rings (SSSR count). The van der Waals surface area contributed by atoms with Crippen molar-refractivity contribution in [3.63, 3.8) is 0 Å². The molecule has 0 radical (unpaired) electrons. The fourth-order valence-corrected chi connectivity index (χ4v) is 5.50. The summed E-state index contributed by atoms with van der Waals surface area (Å²) in [6.07, 6.45) is 1.65. The first-order valence-electron chi connectivity index (χ1n) is 12.9. The highest BCUT2D eigenvalue weighted by molar-refractivity contribution is 5.97. The number of hydrogen-bond acceptors (Lipinski definition) is 6. The van der Waals surface area contributed by atoms with Gasteiger partial charge >= 0.3 is 11.4 Å². The molecule has 0 amide bonds. The SMILES string of the molecule is Cc1cc(-c2nn(C(c3ccccc3)(c3ccccc3)c3ccccc3)c3cc([N+](=O)[O-])c([N+](=O)[O-])cc23)ccn1. The monoisotopic (exact) mass is 541 g/mol. The van der Waals surface area contributed by atoms with Crippen molar-refractivity contribution in [1.29, 1.82) is 0 Å². The summed E-state index contributed by atoms with van der Waals surface area (Å²) in [6.45, 7) is 1.85. The largest absolute Gasteiger partial charge is 0.348 e. The Balaban J connectivity index is 1.85. The molecule has 6 aromatic rings. The number of benzene rings is 4. The van der Waals surface area contributed by atoms with Crippen LogP contribution in [0.15, 0.2) is 121 Å². The van der Waals surface area contributed by atoms with E-state index in [1.807, 2.05) is 104 Å². The van der Waals surface area contributed by atoms with Crippen LogP contribution in [-0.2, 0) is 5.54 Å². The van der Waals surface area contributed by atoms with Crippen molar-refractivity contribution in [3.8, 4) is 11.3 Å². The molecular weight excluding hydrogens is 518 g/mol. The highest BCUT2D eigenvalue weighted by atomic mass is 16.6. The van der Waals surface area contributed by atoms with Gasteiger partial charge in [0.25, 0.3) is 0 Å². The quantitative estimate of drug-likeness (QED) is 0.121. The normalized spacial score (nSPS) is 11.4. The molecule has 0 N–H and O–H groups in total. The van der Waals surface area contributed by atoms with Crippen molar-refractivity contribution >= 4 is 22.3 Å². The predicted octanol–water partition coefficient (Wildman–Crippen LogP) is 7.06. The Morgan fingerprint density at radius 2 is 1.17 bits per heavy atom. The maximum atomic E-state index is 12.1. The highest BCUT2D eigenvalue weighted by Crippen LogP contribution is 2.45. The lowest BCUT2D eigenvalue weighted by Gasteiger charge is -2.37. The van der Waals surface area contributed by atoms with Gasteiger partial charge in [-0.05, 0) is 35.7 Å². The van der Waals surface area contributed by atoms with Gasteiger partial charge in [-0.2, -0.15) is 5.10 Å². The molecule has 0 atom stereocenters. The topological polar surface area (TPSA) is 117 Å². The molecule has 4 aromatic carbocycles. The average Bonchev–Trinajstić information content (AvgIpc) is 3.37. The van der Waals surface area contributed by atoms with Crippen LogP contribution in [0.2, 0.25) is 0 Å². The van der Waals surface area contributed by atoms with Crippen LogP contribution < -0.4 is 0 Å². The molecule has 0 unspecified atom stereocenters. The summed E-state index contributed by atoms with van der Waals surface area (Å²) in [5.74, 6) is 0. The third-order valence-electron chi connectivity index (χ3n) is 7.23. The van der Waals surface area contributed by atoms with Crippen LogP contribution >= 0.6 is 0 Å². The van der Waals surface area contributed by atoms with Crippen LogP contribution in [0.3, 0.4) is 0 Å². The zero-order valence-electron chi connectivity index (χ0n) is 21.9. The molecule has 0 saturated carbocycles. The fraction of sp³-hybridized carbons (Fsp3) is 0.0625. The van der Waals surface area contributed by atoms with E-state index < -0.39 is 26.8 Å². The number of pyridine rings is 1. The number of nitro groups is 2. The minimum atomic E-state index is -1.09. The first-order chi connectivity index (χ1) is 19.9. The van der Waals surface area contributed by atoms with Crippen molar-refractivity contribution in [3.05, 3.63) is 164 Å². The van der Waals surface area contributed by atoms with E-state index in [9.17, 15) is 20.2 Å². The number of fused-ring (bicyclic) bond motifs is 1. The third-order valence-corrected chi connectivity index (χ3v) is 7.23. The molecule has 200 valence electrons. The van der Waals surface area contributed by atoms with E-state index >= 15 is 0 Å². The predicted molar refractivity (Wildman–Crippen MR) is 156 cm³/mol. The van der Waals surface area contributed by atoms with Crippen LogP contribution in [-0.4, -0.2) is 24.6 Å².